The van der Waals surface area contributed by atoms with Crippen LogP contribution in [0, 0.1) is 0 Å². The third-order valence-corrected chi connectivity index (χ3v) is 2.70. The van der Waals surface area contributed by atoms with E-state index in [2.05, 4.69) is 32.2 Å². The number of allylic oxidation sites excluding steroid dienone is 3. The number of carboxylic acid groups (broad SMARTS) is 1. The fourth-order valence-electron chi connectivity index (χ4n) is 1.75. The Morgan fingerprint density at radius 2 is 1.88 bits per heavy atom. The van der Waals surface area contributed by atoms with Gasteiger partial charge in [0.2, 0.25) is 0 Å². The van der Waals surface area contributed by atoms with Crippen LogP contribution in [0.4, 0.5) is 0 Å². The Labute approximate surface area is 105 Å². The third-order valence-electron chi connectivity index (χ3n) is 2.70. The Kier molecular flexibility index (Phi) is 9.44. The van der Waals surface area contributed by atoms with Gasteiger partial charge in [-0.1, -0.05) is 26.2 Å². The molecule has 0 fully saturated rings. The zero-order valence-electron chi connectivity index (χ0n) is 11.3. The van der Waals surface area contributed by atoms with Crippen LogP contribution in [0.3, 0.4) is 0 Å². The topological polar surface area (TPSA) is 44.6 Å². The van der Waals surface area contributed by atoms with E-state index in [0.717, 1.165) is 6.92 Å². The SMILES string of the molecule is CC(=O)[O-].CCCCCCC[NH+]1C=CC=C1C. The highest BCUT2D eigenvalue weighted by Crippen LogP contribution is 2.01. The van der Waals surface area contributed by atoms with Crippen LogP contribution in [-0.2, 0) is 4.79 Å². The van der Waals surface area contributed by atoms with Crippen LogP contribution in [0.15, 0.2) is 24.0 Å². The van der Waals surface area contributed by atoms with Crippen molar-refractivity contribution >= 4 is 5.97 Å². The van der Waals surface area contributed by atoms with Gasteiger partial charge in [-0.2, -0.15) is 0 Å². The molecule has 1 N–H and O–H groups in total. The number of rotatable bonds is 6. The van der Waals surface area contributed by atoms with E-state index >= 15 is 0 Å². The second-order valence-corrected chi connectivity index (χ2v) is 4.39. The number of unbranched alkanes of at least 4 members (excludes halogenated alkanes) is 4. The van der Waals surface area contributed by atoms with Gasteiger partial charge in [0.25, 0.3) is 0 Å². The first-order valence-corrected chi connectivity index (χ1v) is 6.46. The van der Waals surface area contributed by atoms with Gasteiger partial charge in [0.05, 0.1) is 12.7 Å². The second kappa shape index (κ2) is 10.1. The van der Waals surface area contributed by atoms with Gasteiger partial charge in [-0.05, 0) is 31.9 Å². The maximum Gasteiger partial charge on any atom is 0.109 e. The van der Waals surface area contributed by atoms with Crippen LogP contribution in [0.25, 0.3) is 0 Å². The maximum absolute atomic E-state index is 8.89. The van der Waals surface area contributed by atoms with Crippen molar-refractivity contribution in [2.75, 3.05) is 6.54 Å². The molecule has 0 saturated carbocycles. The van der Waals surface area contributed by atoms with Crippen molar-refractivity contribution in [2.24, 2.45) is 0 Å². The van der Waals surface area contributed by atoms with Crippen LogP contribution in [-0.4, -0.2) is 12.5 Å². The minimum absolute atomic E-state index is 0.972. The molecule has 1 heterocycles. The molecule has 0 spiro atoms. The Hall–Kier alpha value is -1.09. The van der Waals surface area contributed by atoms with Crippen LogP contribution < -0.4 is 10.0 Å². The van der Waals surface area contributed by atoms with Gasteiger partial charge < -0.3 is 9.90 Å². The number of quaternary nitrogens is 1. The van der Waals surface area contributed by atoms with Crippen molar-refractivity contribution in [3.05, 3.63) is 24.0 Å². The Morgan fingerprint density at radius 3 is 2.35 bits per heavy atom. The Morgan fingerprint density at radius 1 is 1.29 bits per heavy atom. The number of nitrogens with one attached hydrogen (secondary N) is 1. The lowest BCUT2D eigenvalue weighted by molar-refractivity contribution is -0.802. The molecule has 0 aliphatic carbocycles. The van der Waals surface area contributed by atoms with E-state index in [1.54, 1.807) is 4.90 Å². The largest absolute Gasteiger partial charge is 0.550 e. The molecule has 1 aliphatic heterocycles. The summed E-state index contributed by atoms with van der Waals surface area (Å²) in [4.78, 5) is 10.4. The molecule has 3 nitrogen and oxygen atoms in total. The number of hydrogen-bond donors (Lipinski definition) is 1. The summed E-state index contributed by atoms with van der Waals surface area (Å²) < 4.78 is 0. The van der Waals surface area contributed by atoms with Gasteiger partial charge in [-0.3, -0.25) is 4.90 Å². The van der Waals surface area contributed by atoms with Crippen molar-refractivity contribution < 1.29 is 14.8 Å². The molecule has 0 bridgehead atoms. The molecule has 98 valence electrons. The smallest absolute Gasteiger partial charge is 0.109 e. The van der Waals surface area contributed by atoms with Gasteiger partial charge in [0.15, 0.2) is 0 Å². The summed E-state index contributed by atoms with van der Waals surface area (Å²) in [5.41, 5.74) is 1.47. The first kappa shape index (κ1) is 15.9. The first-order valence-electron chi connectivity index (χ1n) is 6.46. The van der Waals surface area contributed by atoms with E-state index in [1.165, 1.54) is 44.3 Å². The number of hydrogen-bond acceptors (Lipinski definition) is 2. The summed E-state index contributed by atoms with van der Waals surface area (Å²) in [5, 5.41) is 8.89. The van der Waals surface area contributed by atoms with E-state index in [0.29, 0.717) is 0 Å². The average molecular weight is 239 g/mol. The van der Waals surface area contributed by atoms with Crippen molar-refractivity contribution in [3.8, 4) is 0 Å². The lowest BCUT2D eigenvalue weighted by Crippen LogP contribution is -3.04. The van der Waals surface area contributed by atoms with Crippen LogP contribution in [0.1, 0.15) is 52.9 Å². The number of carbonyl (C=O) groups excluding carboxylic acids is 1. The zero-order valence-corrected chi connectivity index (χ0v) is 11.3. The summed E-state index contributed by atoms with van der Waals surface area (Å²) in [6, 6.07) is 0. The minimum atomic E-state index is -1.08. The molecule has 1 rings (SSSR count). The Balaban J connectivity index is 0.000000557. The first-order chi connectivity index (χ1) is 8.07. The fraction of sp³-hybridized carbons (Fsp3) is 0.643. The monoisotopic (exact) mass is 239 g/mol. The van der Waals surface area contributed by atoms with Crippen molar-refractivity contribution in [3.63, 3.8) is 0 Å². The van der Waals surface area contributed by atoms with E-state index < -0.39 is 5.97 Å². The summed E-state index contributed by atoms with van der Waals surface area (Å²) in [6.07, 6.45) is 13.6. The molecule has 3 heteroatoms. The molecule has 0 aromatic rings. The molecule has 1 unspecified atom stereocenters. The summed E-state index contributed by atoms with van der Waals surface area (Å²) in [6.45, 7) is 6.73. The van der Waals surface area contributed by atoms with Crippen molar-refractivity contribution in [1.29, 1.82) is 0 Å². The molecule has 0 amide bonds. The summed E-state index contributed by atoms with van der Waals surface area (Å²) in [7, 11) is 0. The fourth-order valence-corrected chi connectivity index (χ4v) is 1.75. The van der Waals surface area contributed by atoms with Crippen LogP contribution in [0.5, 0.6) is 0 Å². The van der Waals surface area contributed by atoms with E-state index in [-0.39, 0.29) is 0 Å². The lowest BCUT2D eigenvalue weighted by Gasteiger charge is -2.10. The third kappa shape index (κ3) is 9.82. The standard InChI is InChI=1S/C12H21N.C2H4O2/c1-3-4-5-6-7-10-13-11-8-9-12(13)2;1-2(3)4/h8-9,11H,3-7,10H2,1-2H3;1H3,(H,3,4). The van der Waals surface area contributed by atoms with Crippen molar-refractivity contribution in [1.82, 2.24) is 0 Å². The molecular formula is C14H25NO2. The highest BCUT2D eigenvalue weighted by molar-refractivity contribution is 5.60. The quantitative estimate of drug-likeness (QED) is 0.704. The molecule has 17 heavy (non-hydrogen) atoms. The summed E-state index contributed by atoms with van der Waals surface area (Å²) >= 11 is 0. The van der Waals surface area contributed by atoms with Crippen molar-refractivity contribution in [2.45, 2.75) is 52.9 Å². The van der Waals surface area contributed by atoms with E-state index in [1.807, 2.05) is 0 Å². The summed E-state index contributed by atoms with van der Waals surface area (Å²) in [5.74, 6) is -1.08. The molecule has 1 aliphatic rings. The second-order valence-electron chi connectivity index (χ2n) is 4.39. The predicted octanol–water partition coefficient (Wildman–Crippen LogP) is 1.03. The number of carbonyl (C=O) groups is 1. The maximum atomic E-state index is 8.89. The zero-order chi connectivity index (χ0) is 13.1. The van der Waals surface area contributed by atoms with Gasteiger partial charge in [0, 0.05) is 12.9 Å². The lowest BCUT2D eigenvalue weighted by atomic mass is 10.1. The van der Waals surface area contributed by atoms with Crippen LogP contribution in [0.2, 0.25) is 0 Å². The molecule has 0 radical (unpaired) electrons. The molecule has 1 atom stereocenters. The van der Waals surface area contributed by atoms with Gasteiger partial charge in [-0.15, -0.1) is 0 Å². The molecule has 0 saturated heterocycles. The normalized spacial score (nSPS) is 17.4. The number of aliphatic carboxylic acids is 1. The molecule has 0 aromatic heterocycles. The highest BCUT2D eigenvalue weighted by atomic mass is 16.4. The Bertz CT molecular complexity index is 265. The van der Waals surface area contributed by atoms with Gasteiger partial charge in [-0.25, -0.2) is 0 Å². The minimum Gasteiger partial charge on any atom is -0.550 e. The molecular weight excluding hydrogens is 214 g/mol. The number of carboxylic acids is 1. The molecule has 0 aromatic carbocycles. The van der Waals surface area contributed by atoms with Gasteiger partial charge in [0.1, 0.15) is 5.70 Å². The average Bonchev–Trinajstić information content (AvgIpc) is 2.63. The van der Waals surface area contributed by atoms with Crippen LogP contribution >= 0.6 is 0 Å². The van der Waals surface area contributed by atoms with E-state index in [9.17, 15) is 0 Å². The highest BCUT2D eigenvalue weighted by Gasteiger charge is 2.10. The van der Waals surface area contributed by atoms with Gasteiger partial charge >= 0.3 is 0 Å². The van der Waals surface area contributed by atoms with E-state index in [4.69, 9.17) is 9.90 Å². The predicted molar refractivity (Wildman–Crippen MR) is 68.2 cm³/mol.